The fraction of sp³-hybridized carbons (Fsp3) is 0.312. The van der Waals surface area contributed by atoms with Gasteiger partial charge in [0.1, 0.15) is 5.75 Å². The first-order chi connectivity index (χ1) is 9.66. The van der Waals surface area contributed by atoms with Crippen molar-refractivity contribution in [2.24, 2.45) is 0 Å². The summed E-state index contributed by atoms with van der Waals surface area (Å²) in [6, 6.07) is 11.2. The number of para-hydroxylation sites is 1. The van der Waals surface area contributed by atoms with E-state index in [0.717, 1.165) is 11.1 Å². The minimum absolute atomic E-state index is 0.0989. The number of pyridine rings is 1. The van der Waals surface area contributed by atoms with Crippen LogP contribution in [0.3, 0.4) is 0 Å². The number of aromatic nitrogens is 1. The van der Waals surface area contributed by atoms with Crippen molar-refractivity contribution in [3.05, 3.63) is 53.7 Å². The molecule has 0 saturated carbocycles. The lowest BCUT2D eigenvalue weighted by molar-refractivity contribution is 0.229. The summed E-state index contributed by atoms with van der Waals surface area (Å²) in [5.74, 6) is 0.970. The molecule has 2 aromatic rings. The Balaban J connectivity index is 1.96. The van der Waals surface area contributed by atoms with Crippen molar-refractivity contribution in [2.75, 3.05) is 0 Å². The number of rotatable bonds is 6. The van der Waals surface area contributed by atoms with E-state index < -0.39 is 0 Å². The number of benzene rings is 1. The molecule has 1 heterocycles. The molecule has 2 rings (SSSR count). The summed E-state index contributed by atoms with van der Waals surface area (Å²) in [7, 11) is 0. The second-order valence-corrected chi connectivity index (χ2v) is 4.87. The Kier molecular flexibility index (Phi) is 4.96. The third-order valence-corrected chi connectivity index (χ3v) is 2.82. The quantitative estimate of drug-likeness (QED) is 0.849. The highest BCUT2D eigenvalue weighted by Crippen LogP contribution is 2.17. The number of phenols is 1. The smallest absolute Gasteiger partial charge is 0.218 e. The van der Waals surface area contributed by atoms with Crippen LogP contribution in [0.2, 0.25) is 0 Å². The number of hydrogen-bond donors (Lipinski definition) is 2. The molecule has 0 amide bonds. The minimum atomic E-state index is 0.0989. The van der Waals surface area contributed by atoms with E-state index in [1.807, 2.05) is 44.2 Å². The number of nitrogens with one attached hydrogen (secondary N) is 1. The van der Waals surface area contributed by atoms with E-state index in [1.54, 1.807) is 12.3 Å². The van der Waals surface area contributed by atoms with Crippen molar-refractivity contribution in [3.63, 3.8) is 0 Å². The molecule has 0 aliphatic heterocycles. The minimum Gasteiger partial charge on any atom is -0.508 e. The van der Waals surface area contributed by atoms with Crippen molar-refractivity contribution >= 4 is 0 Å². The molecule has 0 radical (unpaired) electrons. The zero-order chi connectivity index (χ0) is 14.4. The van der Waals surface area contributed by atoms with E-state index in [1.165, 1.54) is 0 Å². The molecule has 0 aliphatic rings. The van der Waals surface area contributed by atoms with Gasteiger partial charge in [-0.25, -0.2) is 4.98 Å². The molecule has 0 aliphatic carbocycles. The molecule has 0 fully saturated rings. The van der Waals surface area contributed by atoms with Crippen LogP contribution in [-0.2, 0) is 13.1 Å². The zero-order valence-corrected chi connectivity index (χ0v) is 11.8. The van der Waals surface area contributed by atoms with Gasteiger partial charge in [0.25, 0.3) is 0 Å². The Morgan fingerprint density at radius 2 is 1.80 bits per heavy atom. The zero-order valence-electron chi connectivity index (χ0n) is 11.8. The van der Waals surface area contributed by atoms with Crippen LogP contribution in [0, 0.1) is 0 Å². The first-order valence-electron chi connectivity index (χ1n) is 6.75. The molecule has 2 N–H and O–H groups in total. The summed E-state index contributed by atoms with van der Waals surface area (Å²) in [5.41, 5.74) is 1.89. The maximum Gasteiger partial charge on any atom is 0.218 e. The number of ether oxygens (including phenoxy) is 1. The number of phenolic OH excluding ortho intramolecular Hbond substituents is 1. The van der Waals surface area contributed by atoms with E-state index in [4.69, 9.17) is 4.74 Å². The summed E-state index contributed by atoms with van der Waals surface area (Å²) in [4.78, 5) is 4.25. The van der Waals surface area contributed by atoms with E-state index in [2.05, 4.69) is 10.3 Å². The molecule has 4 heteroatoms. The summed E-state index contributed by atoms with van der Waals surface area (Å²) in [6.45, 7) is 5.20. The number of hydrogen-bond acceptors (Lipinski definition) is 4. The van der Waals surface area contributed by atoms with E-state index in [-0.39, 0.29) is 6.10 Å². The Morgan fingerprint density at radius 1 is 1.10 bits per heavy atom. The van der Waals surface area contributed by atoms with E-state index >= 15 is 0 Å². The molecule has 20 heavy (non-hydrogen) atoms. The first-order valence-corrected chi connectivity index (χ1v) is 6.75. The predicted octanol–water partition coefficient (Wildman–Crippen LogP) is 2.86. The average Bonchev–Trinajstić information content (AvgIpc) is 2.42. The maximum absolute atomic E-state index is 9.70. The van der Waals surface area contributed by atoms with Gasteiger partial charge in [-0.3, -0.25) is 0 Å². The van der Waals surface area contributed by atoms with Gasteiger partial charge in [0.15, 0.2) is 0 Å². The van der Waals surface area contributed by atoms with Gasteiger partial charge in [0.05, 0.1) is 6.10 Å². The normalized spacial score (nSPS) is 10.8. The van der Waals surface area contributed by atoms with Crippen LogP contribution < -0.4 is 10.1 Å². The van der Waals surface area contributed by atoms with Gasteiger partial charge in [-0.05, 0) is 26.0 Å². The molecule has 0 unspecified atom stereocenters. The van der Waals surface area contributed by atoms with Gasteiger partial charge in [-0.15, -0.1) is 0 Å². The Labute approximate surface area is 119 Å². The number of nitrogens with zero attached hydrogens (tertiary/aromatic N) is 1. The summed E-state index contributed by atoms with van der Waals surface area (Å²) in [5, 5.41) is 13.0. The predicted molar refractivity (Wildman–Crippen MR) is 78.7 cm³/mol. The average molecular weight is 272 g/mol. The Hall–Kier alpha value is -2.07. The first kappa shape index (κ1) is 14.3. The van der Waals surface area contributed by atoms with Crippen LogP contribution in [0.15, 0.2) is 42.6 Å². The summed E-state index contributed by atoms with van der Waals surface area (Å²) >= 11 is 0. The molecular formula is C16H20N2O2. The van der Waals surface area contributed by atoms with Gasteiger partial charge in [0.2, 0.25) is 5.88 Å². The third-order valence-electron chi connectivity index (χ3n) is 2.82. The molecule has 106 valence electrons. The van der Waals surface area contributed by atoms with Crippen LogP contribution in [-0.4, -0.2) is 16.2 Å². The molecule has 1 aromatic heterocycles. The van der Waals surface area contributed by atoms with Crippen LogP contribution in [0.25, 0.3) is 0 Å². The summed E-state index contributed by atoms with van der Waals surface area (Å²) in [6.07, 6.45) is 1.83. The van der Waals surface area contributed by atoms with Gasteiger partial charge in [-0.2, -0.15) is 0 Å². The molecule has 0 spiro atoms. The molecule has 0 saturated heterocycles. The van der Waals surface area contributed by atoms with Gasteiger partial charge in [-0.1, -0.05) is 24.3 Å². The molecule has 0 atom stereocenters. The van der Waals surface area contributed by atoms with Gasteiger partial charge in [0, 0.05) is 30.4 Å². The van der Waals surface area contributed by atoms with Crippen molar-refractivity contribution in [2.45, 2.75) is 33.0 Å². The fourth-order valence-electron chi connectivity index (χ4n) is 1.88. The van der Waals surface area contributed by atoms with Crippen LogP contribution >= 0.6 is 0 Å². The lowest BCUT2D eigenvalue weighted by Gasteiger charge is -2.13. The van der Waals surface area contributed by atoms with Crippen LogP contribution in [0.4, 0.5) is 0 Å². The van der Waals surface area contributed by atoms with Crippen molar-refractivity contribution < 1.29 is 9.84 Å². The van der Waals surface area contributed by atoms with E-state index in [9.17, 15) is 5.11 Å². The fourth-order valence-corrected chi connectivity index (χ4v) is 1.88. The molecule has 4 nitrogen and oxygen atoms in total. The van der Waals surface area contributed by atoms with Crippen LogP contribution in [0.1, 0.15) is 25.0 Å². The topological polar surface area (TPSA) is 54.4 Å². The van der Waals surface area contributed by atoms with E-state index in [0.29, 0.717) is 24.7 Å². The van der Waals surface area contributed by atoms with Gasteiger partial charge >= 0.3 is 0 Å². The lowest BCUT2D eigenvalue weighted by atomic mass is 10.2. The second-order valence-electron chi connectivity index (χ2n) is 4.87. The largest absolute Gasteiger partial charge is 0.508 e. The molecular weight excluding hydrogens is 252 g/mol. The van der Waals surface area contributed by atoms with Crippen molar-refractivity contribution in [1.29, 1.82) is 0 Å². The highest BCUT2D eigenvalue weighted by molar-refractivity contribution is 5.32. The third kappa shape index (κ3) is 3.96. The second kappa shape index (κ2) is 6.91. The maximum atomic E-state index is 9.70. The SMILES string of the molecule is CC(C)Oc1ncccc1CNCc1ccccc1O. The number of aromatic hydroxyl groups is 1. The van der Waals surface area contributed by atoms with Crippen LogP contribution in [0.5, 0.6) is 11.6 Å². The Bertz CT molecular complexity index is 556. The highest BCUT2D eigenvalue weighted by atomic mass is 16.5. The summed E-state index contributed by atoms with van der Waals surface area (Å²) < 4.78 is 5.67. The van der Waals surface area contributed by atoms with Crippen molar-refractivity contribution in [3.8, 4) is 11.6 Å². The molecule has 1 aromatic carbocycles. The standard InChI is InChI=1S/C16H20N2O2/c1-12(2)20-16-14(7-5-9-18-16)11-17-10-13-6-3-4-8-15(13)19/h3-9,12,17,19H,10-11H2,1-2H3. The Morgan fingerprint density at radius 3 is 2.55 bits per heavy atom. The van der Waals surface area contributed by atoms with Crippen molar-refractivity contribution in [1.82, 2.24) is 10.3 Å². The monoisotopic (exact) mass is 272 g/mol. The van der Waals surface area contributed by atoms with Gasteiger partial charge < -0.3 is 15.2 Å². The lowest BCUT2D eigenvalue weighted by Crippen LogP contribution is -2.15. The highest BCUT2D eigenvalue weighted by Gasteiger charge is 2.06. The molecule has 0 bridgehead atoms.